The molecule has 19 heavy (non-hydrogen) atoms. The van der Waals surface area contributed by atoms with E-state index in [0.29, 0.717) is 24.6 Å². The molecule has 1 aliphatic heterocycles. The zero-order chi connectivity index (χ0) is 13.2. The topological polar surface area (TPSA) is 87.2 Å². The van der Waals surface area contributed by atoms with E-state index in [4.69, 9.17) is 4.74 Å². The highest BCUT2D eigenvalue weighted by Crippen LogP contribution is 2.24. The smallest absolute Gasteiger partial charge is 0.276 e. The molecule has 1 aliphatic rings. The molecule has 0 radical (unpaired) electrons. The Labute approximate surface area is 109 Å². The number of nitrogens with zero attached hydrogens (tertiary/aromatic N) is 1. The SMILES string of the molecule is O=C(Nc1ccccc1O)c1n[nH]c2c1COCC2. The lowest BCUT2D eigenvalue weighted by molar-refractivity contribution is 0.0984. The van der Waals surface area contributed by atoms with Crippen molar-refractivity contribution in [1.29, 1.82) is 0 Å². The van der Waals surface area contributed by atoms with Crippen molar-refractivity contribution >= 4 is 11.6 Å². The Kier molecular flexibility index (Phi) is 2.92. The van der Waals surface area contributed by atoms with Crippen molar-refractivity contribution in [2.24, 2.45) is 0 Å². The van der Waals surface area contributed by atoms with Crippen LogP contribution in [0.25, 0.3) is 0 Å². The van der Waals surface area contributed by atoms with Gasteiger partial charge in [0.15, 0.2) is 5.69 Å². The summed E-state index contributed by atoms with van der Waals surface area (Å²) in [4.78, 5) is 12.1. The lowest BCUT2D eigenvalue weighted by atomic mass is 10.1. The molecule has 1 amide bonds. The molecule has 0 aliphatic carbocycles. The van der Waals surface area contributed by atoms with Gasteiger partial charge < -0.3 is 15.2 Å². The van der Waals surface area contributed by atoms with Gasteiger partial charge >= 0.3 is 0 Å². The average molecular weight is 259 g/mol. The number of phenols is 1. The van der Waals surface area contributed by atoms with Gasteiger partial charge in [0, 0.05) is 17.7 Å². The number of hydrogen-bond donors (Lipinski definition) is 3. The number of carbonyl (C=O) groups is 1. The predicted molar refractivity (Wildman–Crippen MR) is 68.0 cm³/mol. The van der Waals surface area contributed by atoms with E-state index in [1.807, 2.05) is 0 Å². The van der Waals surface area contributed by atoms with Crippen molar-refractivity contribution in [3.05, 3.63) is 41.2 Å². The Morgan fingerprint density at radius 1 is 1.42 bits per heavy atom. The van der Waals surface area contributed by atoms with E-state index in [0.717, 1.165) is 17.7 Å². The fraction of sp³-hybridized carbons (Fsp3) is 0.231. The van der Waals surface area contributed by atoms with Crippen LogP contribution in [0.3, 0.4) is 0 Å². The maximum atomic E-state index is 12.1. The highest BCUT2D eigenvalue weighted by atomic mass is 16.5. The highest BCUT2D eigenvalue weighted by Gasteiger charge is 2.22. The first kappa shape index (κ1) is 11.7. The van der Waals surface area contributed by atoms with E-state index in [2.05, 4.69) is 15.5 Å². The zero-order valence-corrected chi connectivity index (χ0v) is 10.1. The monoisotopic (exact) mass is 259 g/mol. The molecule has 3 rings (SSSR count). The summed E-state index contributed by atoms with van der Waals surface area (Å²) < 4.78 is 5.33. The van der Waals surface area contributed by atoms with Crippen molar-refractivity contribution in [2.75, 3.05) is 11.9 Å². The lowest BCUT2D eigenvalue weighted by Gasteiger charge is -2.12. The van der Waals surface area contributed by atoms with Crippen LogP contribution in [0, 0.1) is 0 Å². The van der Waals surface area contributed by atoms with Crippen LogP contribution < -0.4 is 5.32 Å². The van der Waals surface area contributed by atoms with Crippen molar-refractivity contribution in [3.63, 3.8) is 0 Å². The van der Waals surface area contributed by atoms with E-state index in [1.54, 1.807) is 18.2 Å². The minimum Gasteiger partial charge on any atom is -0.506 e. The van der Waals surface area contributed by atoms with Gasteiger partial charge in [-0.1, -0.05) is 12.1 Å². The van der Waals surface area contributed by atoms with Crippen LogP contribution in [-0.2, 0) is 17.8 Å². The van der Waals surface area contributed by atoms with Crippen molar-refractivity contribution < 1.29 is 14.6 Å². The minimum absolute atomic E-state index is 0.0245. The largest absolute Gasteiger partial charge is 0.506 e. The second-order valence-electron chi connectivity index (χ2n) is 4.30. The standard InChI is InChI=1S/C13H13N3O3/c17-11-4-2-1-3-10(11)14-13(18)12-8-7-19-6-5-9(8)15-16-12/h1-4,17H,5-7H2,(H,14,18)(H,15,16). The van der Waals surface area contributed by atoms with E-state index in [1.165, 1.54) is 6.07 Å². The first-order valence-electron chi connectivity index (χ1n) is 5.99. The molecule has 2 aromatic rings. The van der Waals surface area contributed by atoms with Crippen LogP contribution in [0.5, 0.6) is 5.75 Å². The Morgan fingerprint density at radius 3 is 3.11 bits per heavy atom. The van der Waals surface area contributed by atoms with Crippen LogP contribution in [0.15, 0.2) is 24.3 Å². The number of amides is 1. The van der Waals surface area contributed by atoms with Gasteiger partial charge in [0.05, 0.1) is 18.9 Å². The summed E-state index contributed by atoms with van der Waals surface area (Å²) in [5, 5.41) is 19.1. The quantitative estimate of drug-likeness (QED) is 0.712. The number of carbonyl (C=O) groups excluding carboxylic acids is 1. The number of aromatic nitrogens is 2. The molecular weight excluding hydrogens is 246 g/mol. The molecule has 0 bridgehead atoms. The number of ether oxygens (including phenoxy) is 1. The van der Waals surface area contributed by atoms with Crippen molar-refractivity contribution in [3.8, 4) is 5.75 Å². The van der Waals surface area contributed by atoms with Gasteiger partial charge in [-0.2, -0.15) is 5.10 Å². The fourth-order valence-electron chi connectivity index (χ4n) is 2.06. The normalized spacial score (nSPS) is 13.9. The van der Waals surface area contributed by atoms with Crippen LogP contribution in [0.2, 0.25) is 0 Å². The zero-order valence-electron chi connectivity index (χ0n) is 10.1. The lowest BCUT2D eigenvalue weighted by Crippen LogP contribution is -2.17. The molecule has 0 saturated heterocycles. The van der Waals surface area contributed by atoms with Gasteiger partial charge in [0.2, 0.25) is 0 Å². The molecule has 0 unspecified atom stereocenters. The molecule has 0 atom stereocenters. The number of phenolic OH excluding ortho intramolecular Hbond substituents is 1. The third-order valence-corrected chi connectivity index (χ3v) is 3.06. The van der Waals surface area contributed by atoms with Gasteiger partial charge in [0.25, 0.3) is 5.91 Å². The average Bonchev–Trinajstić information content (AvgIpc) is 2.85. The number of anilines is 1. The number of para-hydroxylation sites is 2. The fourth-order valence-corrected chi connectivity index (χ4v) is 2.06. The molecule has 98 valence electrons. The molecule has 0 saturated carbocycles. The molecule has 6 nitrogen and oxygen atoms in total. The van der Waals surface area contributed by atoms with Gasteiger partial charge in [-0.05, 0) is 12.1 Å². The summed E-state index contributed by atoms with van der Waals surface area (Å²) in [5.41, 5.74) is 2.41. The van der Waals surface area contributed by atoms with E-state index >= 15 is 0 Å². The molecule has 6 heteroatoms. The Balaban J connectivity index is 1.85. The first-order chi connectivity index (χ1) is 9.25. The maximum absolute atomic E-state index is 12.1. The second-order valence-corrected chi connectivity index (χ2v) is 4.30. The summed E-state index contributed by atoms with van der Waals surface area (Å²) in [6, 6.07) is 6.56. The summed E-state index contributed by atoms with van der Waals surface area (Å²) in [6.07, 6.45) is 0.728. The van der Waals surface area contributed by atoms with Crippen molar-refractivity contribution in [2.45, 2.75) is 13.0 Å². The Hall–Kier alpha value is -2.34. The summed E-state index contributed by atoms with van der Waals surface area (Å²) in [5.74, 6) is -0.332. The number of aromatic amines is 1. The van der Waals surface area contributed by atoms with Crippen molar-refractivity contribution in [1.82, 2.24) is 10.2 Å². The number of hydrogen-bond acceptors (Lipinski definition) is 4. The molecule has 0 fully saturated rings. The maximum Gasteiger partial charge on any atom is 0.276 e. The number of rotatable bonds is 2. The van der Waals surface area contributed by atoms with Crippen LogP contribution >= 0.6 is 0 Å². The minimum atomic E-state index is -0.357. The summed E-state index contributed by atoms with van der Waals surface area (Å²) in [6.45, 7) is 1.02. The molecule has 1 aromatic heterocycles. The van der Waals surface area contributed by atoms with Gasteiger partial charge in [-0.15, -0.1) is 0 Å². The van der Waals surface area contributed by atoms with E-state index in [-0.39, 0.29) is 11.7 Å². The highest BCUT2D eigenvalue weighted by molar-refractivity contribution is 6.04. The summed E-state index contributed by atoms with van der Waals surface area (Å²) in [7, 11) is 0. The van der Waals surface area contributed by atoms with Gasteiger partial charge in [-0.25, -0.2) is 0 Å². The molecule has 3 N–H and O–H groups in total. The number of fused-ring (bicyclic) bond motifs is 1. The van der Waals surface area contributed by atoms with Crippen LogP contribution in [-0.4, -0.2) is 27.8 Å². The van der Waals surface area contributed by atoms with Crippen LogP contribution in [0.1, 0.15) is 21.7 Å². The number of nitrogens with one attached hydrogen (secondary N) is 2. The Bertz CT molecular complexity index is 621. The molecular formula is C13H13N3O3. The molecule has 0 spiro atoms. The first-order valence-corrected chi connectivity index (χ1v) is 5.99. The molecule has 1 aromatic carbocycles. The predicted octanol–water partition coefficient (Wildman–Crippen LogP) is 1.44. The second kappa shape index (κ2) is 4.74. The van der Waals surface area contributed by atoms with Gasteiger partial charge in [0.1, 0.15) is 5.75 Å². The van der Waals surface area contributed by atoms with E-state index < -0.39 is 0 Å². The number of benzene rings is 1. The Morgan fingerprint density at radius 2 is 2.26 bits per heavy atom. The third-order valence-electron chi connectivity index (χ3n) is 3.06. The van der Waals surface area contributed by atoms with Gasteiger partial charge in [-0.3, -0.25) is 9.89 Å². The summed E-state index contributed by atoms with van der Waals surface area (Å²) >= 11 is 0. The van der Waals surface area contributed by atoms with Crippen LogP contribution in [0.4, 0.5) is 5.69 Å². The number of aromatic hydroxyl groups is 1. The molecule has 2 heterocycles. The third kappa shape index (κ3) is 2.17. The van der Waals surface area contributed by atoms with E-state index in [9.17, 15) is 9.90 Å². The number of H-pyrrole nitrogens is 1.